The molecular weight excluding hydrogens is 220 g/mol. The lowest BCUT2D eigenvalue weighted by molar-refractivity contribution is 0.301. The summed E-state index contributed by atoms with van der Waals surface area (Å²) in [5.41, 5.74) is 9.08. The van der Waals surface area contributed by atoms with E-state index in [2.05, 4.69) is 36.5 Å². The van der Waals surface area contributed by atoms with Gasteiger partial charge in [0.1, 0.15) is 0 Å². The minimum absolute atomic E-state index is 0.284. The Morgan fingerprint density at radius 2 is 1.56 bits per heavy atom. The predicted molar refractivity (Wildman–Crippen MR) is 80.0 cm³/mol. The number of rotatable bonds is 2. The summed E-state index contributed by atoms with van der Waals surface area (Å²) in [7, 11) is 3.75. The second kappa shape index (κ2) is 7.55. The van der Waals surface area contributed by atoms with E-state index in [1.165, 1.54) is 43.2 Å². The Hall–Kier alpha value is -0.860. The summed E-state index contributed by atoms with van der Waals surface area (Å²) in [5, 5.41) is 2.75. The number of benzene rings is 1. The molecule has 0 aromatic heterocycles. The highest BCUT2D eigenvalue weighted by Crippen LogP contribution is 2.38. The maximum Gasteiger partial charge on any atom is 0.00755 e. The average molecular weight is 248 g/mol. The normalized spacial score (nSPS) is 17.8. The number of hydrogen-bond donors (Lipinski definition) is 2. The topological polar surface area (TPSA) is 38.0 Å². The molecule has 0 radical (unpaired) electrons. The van der Waals surface area contributed by atoms with E-state index in [-0.39, 0.29) is 5.41 Å². The third-order valence-electron chi connectivity index (χ3n) is 3.87. The van der Waals surface area contributed by atoms with Gasteiger partial charge in [-0.05, 0) is 39.4 Å². The molecule has 3 N–H and O–H groups in total. The number of nitrogens with one attached hydrogen (secondary N) is 1. The fourth-order valence-electron chi connectivity index (χ4n) is 2.75. The van der Waals surface area contributed by atoms with Crippen molar-refractivity contribution in [1.82, 2.24) is 5.32 Å². The molecule has 0 spiro atoms. The van der Waals surface area contributed by atoms with Crippen LogP contribution in [-0.4, -0.2) is 20.6 Å². The molecule has 0 aliphatic heterocycles. The third-order valence-corrected chi connectivity index (χ3v) is 3.87. The van der Waals surface area contributed by atoms with Gasteiger partial charge < -0.3 is 11.1 Å². The monoisotopic (exact) mass is 248 g/mol. The van der Waals surface area contributed by atoms with Crippen LogP contribution in [0.2, 0.25) is 0 Å². The largest absolute Gasteiger partial charge is 0.330 e. The minimum Gasteiger partial charge on any atom is -0.330 e. The van der Waals surface area contributed by atoms with E-state index >= 15 is 0 Å². The fourth-order valence-corrected chi connectivity index (χ4v) is 2.75. The zero-order chi connectivity index (χ0) is 13.4. The van der Waals surface area contributed by atoms with Crippen molar-refractivity contribution in [3.8, 4) is 0 Å². The Balaban J connectivity index is 0.000000492. The summed E-state index contributed by atoms with van der Waals surface area (Å²) >= 11 is 0. The van der Waals surface area contributed by atoms with Crippen molar-refractivity contribution in [3.05, 3.63) is 35.4 Å². The summed E-state index contributed by atoms with van der Waals surface area (Å²) in [6, 6.07) is 8.96. The van der Waals surface area contributed by atoms with Crippen LogP contribution in [0.15, 0.2) is 24.3 Å². The molecule has 1 saturated carbocycles. The second-order valence-corrected chi connectivity index (χ2v) is 5.41. The predicted octanol–water partition coefficient (Wildman–Crippen LogP) is 2.99. The first kappa shape index (κ1) is 15.2. The molecule has 0 unspecified atom stereocenters. The van der Waals surface area contributed by atoms with E-state index in [4.69, 9.17) is 5.73 Å². The molecule has 1 fully saturated rings. The van der Waals surface area contributed by atoms with Crippen molar-refractivity contribution in [3.63, 3.8) is 0 Å². The molecule has 1 aliphatic rings. The van der Waals surface area contributed by atoms with Crippen LogP contribution in [0.4, 0.5) is 0 Å². The molecule has 0 heterocycles. The maximum atomic E-state index is 6.01. The van der Waals surface area contributed by atoms with E-state index < -0.39 is 0 Å². The molecule has 0 bridgehead atoms. The van der Waals surface area contributed by atoms with Gasteiger partial charge in [-0.2, -0.15) is 0 Å². The van der Waals surface area contributed by atoms with Crippen molar-refractivity contribution in [2.45, 2.75) is 44.4 Å². The molecular formula is C16H28N2. The van der Waals surface area contributed by atoms with Gasteiger partial charge in [-0.3, -0.25) is 0 Å². The van der Waals surface area contributed by atoms with Gasteiger partial charge in [0.25, 0.3) is 0 Å². The number of hydrogen-bond acceptors (Lipinski definition) is 2. The summed E-state index contributed by atoms with van der Waals surface area (Å²) in [6.07, 6.45) is 6.60. The van der Waals surface area contributed by atoms with Gasteiger partial charge in [0.15, 0.2) is 0 Å². The van der Waals surface area contributed by atoms with E-state index in [9.17, 15) is 0 Å². The number of aryl methyl sites for hydroxylation is 1. The SMILES string of the molecule is CNC.Cc1ccc(C2(CN)CCCCC2)cc1. The van der Waals surface area contributed by atoms with Crippen LogP contribution in [-0.2, 0) is 5.41 Å². The van der Waals surface area contributed by atoms with Crippen LogP contribution < -0.4 is 11.1 Å². The summed E-state index contributed by atoms with van der Waals surface area (Å²) < 4.78 is 0. The van der Waals surface area contributed by atoms with Crippen LogP contribution in [0.3, 0.4) is 0 Å². The molecule has 2 rings (SSSR count). The van der Waals surface area contributed by atoms with E-state index in [0.29, 0.717) is 0 Å². The van der Waals surface area contributed by atoms with Crippen molar-refractivity contribution in [2.75, 3.05) is 20.6 Å². The van der Waals surface area contributed by atoms with Crippen LogP contribution in [0.5, 0.6) is 0 Å². The van der Waals surface area contributed by atoms with Gasteiger partial charge in [-0.15, -0.1) is 0 Å². The highest BCUT2D eigenvalue weighted by atomic mass is 14.7. The Kier molecular flexibility index (Phi) is 6.37. The Morgan fingerprint density at radius 3 is 2.00 bits per heavy atom. The van der Waals surface area contributed by atoms with Crippen molar-refractivity contribution in [2.24, 2.45) is 5.73 Å². The van der Waals surface area contributed by atoms with Crippen LogP contribution in [0.25, 0.3) is 0 Å². The first-order valence-electron chi connectivity index (χ1n) is 7.04. The highest BCUT2D eigenvalue weighted by Gasteiger charge is 2.32. The molecule has 102 valence electrons. The zero-order valence-electron chi connectivity index (χ0n) is 12.1. The third kappa shape index (κ3) is 3.82. The quantitative estimate of drug-likeness (QED) is 0.844. The van der Waals surface area contributed by atoms with E-state index in [0.717, 1.165) is 6.54 Å². The molecule has 2 nitrogen and oxygen atoms in total. The van der Waals surface area contributed by atoms with Gasteiger partial charge in [-0.25, -0.2) is 0 Å². The lowest BCUT2D eigenvalue weighted by Gasteiger charge is -2.36. The van der Waals surface area contributed by atoms with Gasteiger partial charge >= 0.3 is 0 Å². The van der Waals surface area contributed by atoms with E-state index in [1.807, 2.05) is 14.1 Å². The molecule has 1 aromatic rings. The smallest absolute Gasteiger partial charge is 0.00755 e. The van der Waals surface area contributed by atoms with E-state index in [1.54, 1.807) is 0 Å². The Bertz CT molecular complexity index is 323. The lowest BCUT2D eigenvalue weighted by Crippen LogP contribution is -2.37. The molecule has 2 heteroatoms. The summed E-state index contributed by atoms with van der Waals surface area (Å²) in [5.74, 6) is 0. The second-order valence-electron chi connectivity index (χ2n) is 5.41. The average Bonchev–Trinajstić information content (AvgIpc) is 2.41. The van der Waals surface area contributed by atoms with Crippen molar-refractivity contribution in [1.29, 1.82) is 0 Å². The standard InChI is InChI=1S/C14H21N.C2H7N/c1-12-5-7-13(8-6-12)14(11-15)9-3-2-4-10-14;1-3-2/h5-8H,2-4,9-11,15H2,1H3;3H,1-2H3. The maximum absolute atomic E-state index is 6.01. The van der Waals surface area contributed by atoms with Crippen LogP contribution in [0, 0.1) is 6.92 Å². The van der Waals surface area contributed by atoms with Gasteiger partial charge in [0, 0.05) is 12.0 Å². The van der Waals surface area contributed by atoms with Gasteiger partial charge in [0.05, 0.1) is 0 Å². The first-order chi connectivity index (χ1) is 8.68. The van der Waals surface area contributed by atoms with Crippen LogP contribution in [0.1, 0.15) is 43.2 Å². The molecule has 1 aromatic carbocycles. The van der Waals surface area contributed by atoms with Gasteiger partial charge in [-0.1, -0.05) is 49.1 Å². The minimum atomic E-state index is 0.284. The molecule has 1 aliphatic carbocycles. The first-order valence-corrected chi connectivity index (χ1v) is 7.04. The Morgan fingerprint density at radius 1 is 1.06 bits per heavy atom. The zero-order valence-corrected chi connectivity index (χ0v) is 12.1. The summed E-state index contributed by atoms with van der Waals surface area (Å²) in [4.78, 5) is 0. The fraction of sp³-hybridized carbons (Fsp3) is 0.625. The Labute approximate surface area is 112 Å². The van der Waals surface area contributed by atoms with Gasteiger partial charge in [0.2, 0.25) is 0 Å². The lowest BCUT2D eigenvalue weighted by atomic mass is 9.69. The molecule has 0 amide bonds. The van der Waals surface area contributed by atoms with Crippen molar-refractivity contribution >= 4 is 0 Å². The summed E-state index contributed by atoms with van der Waals surface area (Å²) in [6.45, 7) is 2.94. The number of nitrogens with two attached hydrogens (primary N) is 1. The highest BCUT2D eigenvalue weighted by molar-refractivity contribution is 5.29. The molecule has 0 atom stereocenters. The molecule has 0 saturated heterocycles. The molecule has 18 heavy (non-hydrogen) atoms. The van der Waals surface area contributed by atoms with Crippen molar-refractivity contribution < 1.29 is 0 Å². The van der Waals surface area contributed by atoms with Crippen LogP contribution >= 0.6 is 0 Å².